The second-order valence-electron chi connectivity index (χ2n) is 7.43. The fourth-order valence-corrected chi connectivity index (χ4v) is 2.33. The van der Waals surface area contributed by atoms with E-state index in [-0.39, 0.29) is 82.9 Å². The fourth-order valence-electron chi connectivity index (χ4n) is 2.33. The molecule has 2 rings (SSSR count). The van der Waals surface area contributed by atoms with Crippen LogP contribution in [-0.4, -0.2) is 64.4 Å². The van der Waals surface area contributed by atoms with Crippen LogP contribution in [-0.2, 0) is 28.8 Å². The Morgan fingerprint density at radius 3 is 1.78 bits per heavy atom. The molecule has 0 aromatic heterocycles. The first-order valence-corrected chi connectivity index (χ1v) is 23.6. The van der Waals surface area contributed by atoms with Gasteiger partial charge in [-0.3, -0.25) is 38.6 Å². The van der Waals surface area contributed by atoms with Crippen molar-refractivity contribution >= 4 is 109 Å². The van der Waals surface area contributed by atoms with E-state index in [1.54, 1.807) is 0 Å². The molecule has 0 saturated carbocycles. The first-order chi connectivity index (χ1) is 17.9. The van der Waals surface area contributed by atoms with Crippen LogP contribution in [0.25, 0.3) is 0 Å². The normalized spacial score (nSPS) is 16.7. The van der Waals surface area contributed by atoms with Gasteiger partial charge in [0.25, 0.3) is 11.8 Å². The van der Waals surface area contributed by atoms with Gasteiger partial charge < -0.3 is 0 Å². The van der Waals surface area contributed by atoms with Crippen LogP contribution >= 0.6 is 73.6 Å². The number of nitrogens with zero attached hydrogens (tertiary/aromatic N) is 2. The number of hydrogen-bond acceptors (Lipinski definition) is 7. The van der Waals surface area contributed by atoms with E-state index in [0.29, 0.717) is 19.7 Å². The Bertz CT molecular complexity index is 777. The molecule has 1 unspecified atom stereocenters. The van der Waals surface area contributed by atoms with Crippen molar-refractivity contribution in [1.29, 1.82) is 0.594 Å². The van der Waals surface area contributed by atoms with E-state index >= 15 is 0 Å². The summed E-state index contributed by atoms with van der Waals surface area (Å²) < 4.78 is 19.4. The molecule has 212 valence electrons. The summed E-state index contributed by atoms with van der Waals surface area (Å²) >= 11 is 10.7. The van der Waals surface area contributed by atoms with Crippen LogP contribution in [0.4, 0.5) is 0 Å². The molecule has 2 aliphatic rings. The van der Waals surface area contributed by atoms with Crippen molar-refractivity contribution in [3.05, 3.63) is 12.2 Å². The van der Waals surface area contributed by atoms with Crippen LogP contribution in [0.5, 0.6) is 0 Å². The number of rotatable bonds is 8. The molecule has 4 amide bonds. The first-order valence-electron chi connectivity index (χ1n) is 12.2. The van der Waals surface area contributed by atoms with Gasteiger partial charge in [0.1, 0.15) is 0.594 Å². The van der Waals surface area contributed by atoms with Gasteiger partial charge in [0, 0.05) is 40.1 Å². The van der Waals surface area contributed by atoms with Crippen LogP contribution < -0.4 is 13.3 Å². The third kappa shape index (κ3) is 18.8. The molecule has 0 aromatic rings. The average molecular weight is 982 g/mol. The fraction of sp³-hybridized carbons (Fsp3) is 0.652. The van der Waals surface area contributed by atoms with E-state index in [2.05, 4.69) is 63.7 Å². The molecule has 36 heavy (non-hydrogen) atoms. The molecule has 2 aliphatic heterocycles. The van der Waals surface area contributed by atoms with Gasteiger partial charge in [0.2, 0.25) is 11.8 Å². The summed E-state index contributed by atoms with van der Waals surface area (Å²) in [5, 5.41) is 0. The van der Waals surface area contributed by atoms with Crippen LogP contribution in [0.3, 0.4) is 0 Å². The van der Waals surface area contributed by atoms with E-state index in [1.807, 2.05) is 6.92 Å². The van der Waals surface area contributed by atoms with Gasteiger partial charge >= 0.3 is 50.5 Å². The maximum absolute atomic E-state index is 11.6. The van der Waals surface area contributed by atoms with Gasteiger partial charge in [-0.1, -0.05) is 42.0 Å². The van der Waals surface area contributed by atoms with E-state index in [0.717, 1.165) is 33.6 Å². The zero-order valence-electron chi connectivity index (χ0n) is 23.0. The minimum absolute atomic E-state index is 0. The zero-order valence-corrected chi connectivity index (χ0v) is 29.5. The summed E-state index contributed by atoms with van der Waals surface area (Å²) in [6.45, 7) is 5.79. The summed E-state index contributed by atoms with van der Waals surface area (Å²) in [6.07, 6.45) is 3.31. The third-order valence-electron chi connectivity index (χ3n) is 4.32. The first kappa shape index (κ1) is 36.6. The Morgan fingerprint density at radius 1 is 1.08 bits per heavy atom. The van der Waals surface area contributed by atoms with E-state index in [1.165, 1.54) is 23.8 Å². The van der Waals surface area contributed by atoms with Crippen molar-refractivity contribution in [3.63, 3.8) is 0 Å². The molecular formula is C23H39I4N2O6S-. The largest absolute Gasteiger partial charge is 0.298 e. The summed E-state index contributed by atoms with van der Waals surface area (Å²) in [7, 11) is 0. The second kappa shape index (κ2) is 25.9. The molecule has 1 saturated heterocycles. The molecule has 0 aliphatic carbocycles. The molecule has 0 bridgehead atoms. The minimum atomic E-state index is -0.455. The molecule has 13 heteroatoms. The number of thiol groups is 1. The number of Topliss-reactive ketones (excluding diaryl/α,β-unsaturated/α-hetero) is 2. The smallest absolute Gasteiger partial charge is 0.254 e. The molecule has 1 atom stereocenters. The Labute approximate surface area is 271 Å². The molecule has 0 spiro atoms. The van der Waals surface area contributed by atoms with Crippen molar-refractivity contribution in [2.75, 3.05) is 18.8 Å². The van der Waals surface area contributed by atoms with Crippen LogP contribution in [0, 0.1) is 11.8 Å². The Kier molecular flexibility index (Phi) is 26.3. The topological polar surface area (TPSA) is 109 Å². The quantitative estimate of drug-likeness (QED) is 0.228. The van der Waals surface area contributed by atoms with Crippen molar-refractivity contribution in [2.24, 2.45) is 11.8 Å². The van der Waals surface area contributed by atoms with Gasteiger partial charge in [-0.15, -0.1) is 23.8 Å². The number of ketones is 2. The Morgan fingerprint density at radius 2 is 1.47 bits per heavy atom. The summed E-state index contributed by atoms with van der Waals surface area (Å²) in [4.78, 5) is 69.0. The maximum atomic E-state index is 11.6. The van der Waals surface area contributed by atoms with Crippen LogP contribution in [0.2, 0.25) is 0 Å². The van der Waals surface area contributed by atoms with Gasteiger partial charge in [-0.25, -0.2) is 0 Å². The third-order valence-corrected chi connectivity index (χ3v) is 5.05. The Balaban J connectivity index is -0.000000232. The summed E-state index contributed by atoms with van der Waals surface area (Å²) in [5.74, 6) is -0.388. The molecule has 0 N–H and O–H groups in total. The number of likely N-dealkylation sites (tertiary alicyclic amines) is 1. The van der Waals surface area contributed by atoms with Gasteiger partial charge in [0.15, 0.2) is 11.6 Å². The molecule has 2 heterocycles. The standard InChI is InChI=1S/C10H15NO3.C8H9NO3.C4H10S.CH4.I3.HI/c1-3-7-5-9(13)11(10(7)14)6-8(12)4-2;1-2-6(10)5-9-7(11)3-4-8(9)12;1-4(2)3-5;;1-3-2;/h7H,3-6H2,1-2H3;3-4H,2,5H2,1H3;4-5H,3H2,1-2H3;1H4;;1H/q;;;;-1;/i2D;1D;;;;/hD. The monoisotopic (exact) mass is 982 g/mol. The predicted octanol–water partition coefficient (Wildman–Crippen LogP) is 2.24. The average Bonchev–Trinajstić information content (AvgIpc) is 3.34. The predicted molar refractivity (Wildman–Crippen MR) is 170 cm³/mol. The Hall–Kier alpha value is 0.630. The number of carbonyl (C=O) groups is 6. The van der Waals surface area contributed by atoms with E-state index < -0.39 is 11.8 Å². The molecule has 8 nitrogen and oxygen atoms in total. The van der Waals surface area contributed by atoms with Gasteiger partial charge in [-0.2, -0.15) is 12.6 Å². The number of hydrogen-bond donors (Lipinski definition) is 1. The van der Waals surface area contributed by atoms with Gasteiger partial charge in [-0.05, 0) is 18.1 Å². The minimum Gasteiger partial charge on any atom is -0.298 e. The van der Waals surface area contributed by atoms with Crippen molar-refractivity contribution in [3.8, 4) is 0 Å². The van der Waals surface area contributed by atoms with Crippen LogP contribution in [0.1, 0.15) is 70.4 Å². The molecule has 1 fully saturated rings. The SMILES string of the molecule is C.CC(C)CS.I[I-]I.[2H]CCC(=O)CN1C(=O)C=CC1=O.[2H]CCC(=O)CN1C(=O)CC(CC)C1=O.[2H]I. The number of amides is 4. The van der Waals surface area contributed by atoms with Crippen molar-refractivity contribution in [2.45, 2.75) is 67.7 Å². The summed E-state index contributed by atoms with van der Waals surface area (Å²) in [6, 6.07) is 0. The molecular weight excluding hydrogens is 940 g/mol. The van der Waals surface area contributed by atoms with E-state index in [9.17, 15) is 28.8 Å². The number of halogens is 4. The van der Waals surface area contributed by atoms with Crippen molar-refractivity contribution in [1.82, 2.24) is 9.80 Å². The number of imide groups is 2. The molecule has 0 aromatic carbocycles. The molecule has 0 radical (unpaired) electrons. The van der Waals surface area contributed by atoms with Crippen molar-refractivity contribution < 1.29 is 44.8 Å². The maximum Gasteiger partial charge on any atom is 0.254 e. The summed E-state index contributed by atoms with van der Waals surface area (Å²) in [5.41, 5.74) is 0. The second-order valence-corrected chi connectivity index (χ2v) is 24.0. The van der Waals surface area contributed by atoms with Gasteiger partial charge in [0.05, 0.1) is 13.1 Å². The van der Waals surface area contributed by atoms with E-state index in [4.69, 9.17) is 3.34 Å². The van der Waals surface area contributed by atoms with Crippen LogP contribution in [0.15, 0.2) is 12.2 Å². The number of carbonyl (C=O) groups excluding carboxylic acids is 6. The zero-order chi connectivity index (χ0) is 30.3.